The Labute approximate surface area is 210 Å². The number of benzene rings is 4. The summed E-state index contributed by atoms with van der Waals surface area (Å²) in [6.45, 7) is 0. The van der Waals surface area contributed by atoms with Crippen molar-refractivity contribution in [1.82, 2.24) is 0 Å². The van der Waals surface area contributed by atoms with Gasteiger partial charge in [0.15, 0.2) is 0 Å². The van der Waals surface area contributed by atoms with E-state index in [0.29, 0.717) is 11.1 Å². The quantitative estimate of drug-likeness (QED) is 0.237. The molecule has 0 N–H and O–H groups in total. The lowest BCUT2D eigenvalue weighted by molar-refractivity contribution is 0.461. The van der Waals surface area contributed by atoms with Gasteiger partial charge in [-0.3, -0.25) is 0 Å². The SMILES string of the molecule is O=S(=O)([O-])c1cccc(/C=C/c2ccc(-c3ccc(/C=C/c4cccc(S(=O)(=O)[O-])c4)cc3)cc2)c1. The van der Waals surface area contributed by atoms with Crippen LogP contribution in [0.2, 0.25) is 0 Å². The van der Waals surface area contributed by atoms with E-state index in [1.807, 2.05) is 60.7 Å². The second kappa shape index (κ2) is 10.4. The lowest BCUT2D eigenvalue weighted by Crippen LogP contribution is -1.98. The van der Waals surface area contributed by atoms with Crippen LogP contribution in [0.4, 0.5) is 0 Å². The van der Waals surface area contributed by atoms with Crippen LogP contribution in [0.25, 0.3) is 35.4 Å². The van der Waals surface area contributed by atoms with E-state index in [1.54, 1.807) is 24.3 Å². The van der Waals surface area contributed by atoms with E-state index in [-0.39, 0.29) is 9.79 Å². The Morgan fingerprint density at radius 2 is 0.778 bits per heavy atom. The van der Waals surface area contributed by atoms with Gasteiger partial charge < -0.3 is 9.11 Å². The van der Waals surface area contributed by atoms with Crippen molar-refractivity contribution in [3.8, 4) is 11.1 Å². The summed E-state index contributed by atoms with van der Waals surface area (Å²) in [5.41, 5.74) is 5.07. The molecule has 0 saturated heterocycles. The van der Waals surface area contributed by atoms with E-state index < -0.39 is 20.2 Å². The third-order valence-electron chi connectivity index (χ3n) is 5.38. The molecule has 4 aromatic carbocycles. The van der Waals surface area contributed by atoms with Crippen LogP contribution in [-0.4, -0.2) is 25.9 Å². The van der Waals surface area contributed by atoms with Crippen molar-refractivity contribution in [2.75, 3.05) is 0 Å². The Bertz CT molecular complexity index is 1520. The highest BCUT2D eigenvalue weighted by molar-refractivity contribution is 7.86. The van der Waals surface area contributed by atoms with Crippen molar-refractivity contribution in [2.45, 2.75) is 9.79 Å². The third-order valence-corrected chi connectivity index (χ3v) is 7.05. The topological polar surface area (TPSA) is 114 Å². The molecule has 36 heavy (non-hydrogen) atoms. The summed E-state index contributed by atoms with van der Waals surface area (Å²) in [7, 11) is -8.99. The second-order valence-electron chi connectivity index (χ2n) is 7.96. The van der Waals surface area contributed by atoms with Gasteiger partial charge in [0.1, 0.15) is 20.2 Å². The molecule has 0 atom stereocenters. The van der Waals surface area contributed by atoms with Crippen LogP contribution in [0.3, 0.4) is 0 Å². The lowest BCUT2D eigenvalue weighted by atomic mass is 10.0. The molecule has 4 aromatic rings. The largest absolute Gasteiger partial charge is 0.744 e. The Balaban J connectivity index is 1.44. The third kappa shape index (κ3) is 6.65. The summed E-state index contributed by atoms with van der Waals surface area (Å²) in [6, 6.07) is 27.3. The van der Waals surface area contributed by atoms with Gasteiger partial charge in [-0.15, -0.1) is 0 Å². The fourth-order valence-corrected chi connectivity index (χ4v) is 4.56. The van der Waals surface area contributed by atoms with Crippen molar-refractivity contribution in [3.05, 3.63) is 119 Å². The number of hydrogen-bond acceptors (Lipinski definition) is 6. The lowest BCUT2D eigenvalue weighted by Gasteiger charge is -2.07. The predicted molar refractivity (Wildman–Crippen MR) is 139 cm³/mol. The van der Waals surface area contributed by atoms with Crippen molar-refractivity contribution >= 4 is 44.5 Å². The molecule has 0 aliphatic rings. The van der Waals surface area contributed by atoms with Gasteiger partial charge >= 0.3 is 0 Å². The summed E-state index contributed by atoms with van der Waals surface area (Å²) >= 11 is 0. The zero-order valence-electron chi connectivity index (χ0n) is 18.8. The smallest absolute Gasteiger partial charge is 0.124 e. The molecule has 0 aliphatic carbocycles. The van der Waals surface area contributed by atoms with Crippen LogP contribution < -0.4 is 0 Å². The molecule has 0 bridgehead atoms. The van der Waals surface area contributed by atoms with Crippen LogP contribution in [0.5, 0.6) is 0 Å². The summed E-state index contributed by atoms with van der Waals surface area (Å²) in [5.74, 6) is 0. The van der Waals surface area contributed by atoms with Crippen LogP contribution in [-0.2, 0) is 20.2 Å². The normalized spacial score (nSPS) is 12.4. The first kappa shape index (κ1) is 25.3. The molecule has 0 heterocycles. The Morgan fingerprint density at radius 3 is 1.11 bits per heavy atom. The Hall–Kier alpha value is -3.82. The molecule has 6 nitrogen and oxygen atoms in total. The fraction of sp³-hybridized carbons (Fsp3) is 0. The summed E-state index contributed by atoms with van der Waals surface area (Å²) in [4.78, 5) is -0.524. The van der Waals surface area contributed by atoms with Gasteiger partial charge in [-0.25, -0.2) is 16.8 Å². The van der Waals surface area contributed by atoms with Crippen molar-refractivity contribution < 1.29 is 25.9 Å². The minimum atomic E-state index is -4.49. The highest BCUT2D eigenvalue weighted by Gasteiger charge is 2.02. The van der Waals surface area contributed by atoms with Gasteiger partial charge in [0.2, 0.25) is 0 Å². The molecule has 4 rings (SSSR count). The van der Waals surface area contributed by atoms with Gasteiger partial charge in [-0.2, -0.15) is 0 Å². The van der Waals surface area contributed by atoms with Gasteiger partial charge in [-0.1, -0.05) is 97.1 Å². The van der Waals surface area contributed by atoms with E-state index in [0.717, 1.165) is 22.3 Å². The first-order chi connectivity index (χ1) is 17.1. The fourth-order valence-electron chi connectivity index (χ4n) is 3.51. The van der Waals surface area contributed by atoms with Crippen molar-refractivity contribution in [3.63, 3.8) is 0 Å². The molecule has 0 spiro atoms. The Kier molecular flexibility index (Phi) is 7.32. The molecule has 0 aromatic heterocycles. The van der Waals surface area contributed by atoms with E-state index in [4.69, 9.17) is 0 Å². The van der Waals surface area contributed by atoms with E-state index >= 15 is 0 Å². The average Bonchev–Trinajstić information content (AvgIpc) is 2.86. The maximum atomic E-state index is 11.2. The average molecular weight is 517 g/mol. The number of hydrogen-bond donors (Lipinski definition) is 0. The Morgan fingerprint density at radius 1 is 0.444 bits per heavy atom. The maximum absolute atomic E-state index is 11.2. The second-order valence-corrected chi connectivity index (χ2v) is 10.7. The minimum absolute atomic E-state index is 0.262. The van der Waals surface area contributed by atoms with Gasteiger partial charge in [-0.05, 0) is 57.6 Å². The molecule has 0 radical (unpaired) electrons. The number of rotatable bonds is 7. The monoisotopic (exact) mass is 516 g/mol. The highest BCUT2D eigenvalue weighted by Crippen LogP contribution is 2.22. The van der Waals surface area contributed by atoms with Gasteiger partial charge in [0.25, 0.3) is 0 Å². The van der Waals surface area contributed by atoms with Crippen molar-refractivity contribution in [1.29, 1.82) is 0 Å². The zero-order chi connectivity index (χ0) is 25.8. The van der Waals surface area contributed by atoms with Crippen LogP contribution in [0.15, 0.2) is 107 Å². The first-order valence-electron chi connectivity index (χ1n) is 10.8. The molecule has 8 heteroatoms. The maximum Gasteiger partial charge on any atom is 0.124 e. The van der Waals surface area contributed by atoms with Crippen LogP contribution in [0, 0.1) is 0 Å². The molecular weight excluding hydrogens is 496 g/mol. The van der Waals surface area contributed by atoms with Crippen LogP contribution >= 0.6 is 0 Å². The first-order valence-corrected chi connectivity index (χ1v) is 13.6. The summed E-state index contributed by atoms with van der Waals surface area (Å²) in [6.07, 6.45) is 7.16. The van der Waals surface area contributed by atoms with E-state index in [2.05, 4.69) is 0 Å². The molecular formula is C28H20O6S2-2. The molecule has 0 saturated carbocycles. The van der Waals surface area contributed by atoms with E-state index in [1.165, 1.54) is 36.4 Å². The van der Waals surface area contributed by atoms with Gasteiger partial charge in [0, 0.05) is 0 Å². The zero-order valence-corrected chi connectivity index (χ0v) is 20.4. The molecule has 0 amide bonds. The van der Waals surface area contributed by atoms with Gasteiger partial charge in [0.05, 0.1) is 9.79 Å². The molecule has 0 fully saturated rings. The minimum Gasteiger partial charge on any atom is -0.744 e. The van der Waals surface area contributed by atoms with E-state index in [9.17, 15) is 25.9 Å². The predicted octanol–water partition coefficient (Wildman–Crippen LogP) is 5.50. The van der Waals surface area contributed by atoms with Crippen molar-refractivity contribution in [2.24, 2.45) is 0 Å². The summed E-state index contributed by atoms with van der Waals surface area (Å²) < 4.78 is 67.1. The highest BCUT2D eigenvalue weighted by atomic mass is 32.2. The van der Waals surface area contributed by atoms with Crippen LogP contribution in [0.1, 0.15) is 22.3 Å². The molecule has 0 aliphatic heterocycles. The molecule has 182 valence electrons. The summed E-state index contributed by atoms with van der Waals surface area (Å²) in [5, 5.41) is 0. The standard InChI is InChI=1S/C28H22O6S2/c29-35(30,31)27-5-1-3-23(19-27)9-7-21-11-15-25(16-12-21)26-17-13-22(14-18-26)8-10-24-4-2-6-28(20-24)36(32,33)34/h1-20H,(H,29,30,31)(H,32,33,34)/p-2/b9-7+,10-8+. The molecule has 0 unspecified atom stereocenters.